The van der Waals surface area contributed by atoms with E-state index in [1.807, 2.05) is 15.8 Å². The summed E-state index contributed by atoms with van der Waals surface area (Å²) in [6.07, 6.45) is 9.66. The second-order valence-corrected chi connectivity index (χ2v) is 8.66. The highest BCUT2D eigenvalue weighted by molar-refractivity contribution is 5.75. The second kappa shape index (κ2) is 9.18. The molecule has 5 heterocycles. The number of nitrogens with zero attached hydrogens (tertiary/aromatic N) is 7. The second-order valence-electron chi connectivity index (χ2n) is 8.66. The molecule has 10 heteroatoms. The van der Waals surface area contributed by atoms with Crippen LogP contribution in [0.25, 0.3) is 16.6 Å². The minimum Gasteiger partial charge on any atom is -0.482 e. The van der Waals surface area contributed by atoms with E-state index in [0.717, 1.165) is 30.5 Å². The molecule has 1 aliphatic rings. The molecule has 4 aromatic heterocycles. The van der Waals surface area contributed by atoms with Crippen LogP contribution in [0.1, 0.15) is 50.1 Å². The molecule has 2 atom stereocenters. The molecule has 0 saturated carbocycles. The Hall–Kier alpha value is -4.26. The Bertz CT molecular complexity index is 1440. The number of pyridine rings is 2. The highest BCUT2D eigenvalue weighted by Gasteiger charge is 2.24. The highest BCUT2D eigenvalue weighted by Crippen LogP contribution is 2.33. The molecule has 0 spiro atoms. The standard InChI is InChI=1S/C25H24FN7O2/c1-16(24-22(26)6-3-7-28-24)35-23-9-18(13-33-25(23)19(10-27)11-30-33)20-12-29-32(14-20)21-5-4-8-31(15-21)17(2)34/h3,6-7,9,11-14,16,21H,4-5,8,15H2,1-2H3/t16-,21?/m1/s1. The van der Waals surface area contributed by atoms with Crippen molar-refractivity contribution in [3.63, 3.8) is 0 Å². The molecule has 5 rings (SSSR count). The van der Waals surface area contributed by atoms with Crippen molar-refractivity contribution in [2.24, 2.45) is 0 Å². The lowest BCUT2D eigenvalue weighted by Crippen LogP contribution is -2.39. The highest BCUT2D eigenvalue weighted by atomic mass is 19.1. The van der Waals surface area contributed by atoms with Gasteiger partial charge >= 0.3 is 0 Å². The predicted octanol–water partition coefficient (Wildman–Crippen LogP) is 3.93. The summed E-state index contributed by atoms with van der Waals surface area (Å²) in [4.78, 5) is 17.8. The molecule has 178 valence electrons. The molecule has 1 unspecified atom stereocenters. The summed E-state index contributed by atoms with van der Waals surface area (Å²) in [5.41, 5.74) is 2.63. The van der Waals surface area contributed by atoms with E-state index in [4.69, 9.17) is 4.74 Å². The van der Waals surface area contributed by atoms with Crippen LogP contribution in [0, 0.1) is 17.1 Å². The predicted molar refractivity (Wildman–Crippen MR) is 125 cm³/mol. The minimum atomic E-state index is -0.695. The molecule has 0 N–H and O–H groups in total. The summed E-state index contributed by atoms with van der Waals surface area (Å²) in [5, 5.41) is 18.4. The van der Waals surface area contributed by atoms with Gasteiger partial charge in [0.05, 0.1) is 18.4 Å². The Kier molecular flexibility index (Phi) is 5.91. The minimum absolute atomic E-state index is 0.0692. The molecule has 4 aromatic rings. The molecular weight excluding hydrogens is 449 g/mol. The number of likely N-dealkylation sites (tertiary alicyclic amines) is 1. The molecule has 1 amide bonds. The Morgan fingerprint density at radius 2 is 2.14 bits per heavy atom. The summed E-state index contributed by atoms with van der Waals surface area (Å²) < 4.78 is 23.9. The first-order chi connectivity index (χ1) is 16.9. The number of rotatable bonds is 5. The topological polar surface area (TPSA) is 101 Å². The number of amides is 1. The maximum absolute atomic E-state index is 14.3. The van der Waals surface area contributed by atoms with Crippen molar-refractivity contribution < 1.29 is 13.9 Å². The van der Waals surface area contributed by atoms with Gasteiger partial charge in [0, 0.05) is 49.7 Å². The van der Waals surface area contributed by atoms with E-state index in [1.54, 1.807) is 36.8 Å². The van der Waals surface area contributed by atoms with Crippen LogP contribution in [0.3, 0.4) is 0 Å². The third-order valence-corrected chi connectivity index (χ3v) is 6.32. The van der Waals surface area contributed by atoms with Gasteiger partial charge in [-0.3, -0.25) is 14.5 Å². The lowest BCUT2D eigenvalue weighted by molar-refractivity contribution is -0.130. The van der Waals surface area contributed by atoms with Gasteiger partial charge < -0.3 is 9.64 Å². The van der Waals surface area contributed by atoms with Crippen molar-refractivity contribution in [1.82, 2.24) is 29.3 Å². The maximum atomic E-state index is 14.3. The molecule has 0 aliphatic carbocycles. The Morgan fingerprint density at radius 3 is 2.91 bits per heavy atom. The number of carbonyl (C=O) groups excluding carboxylic acids is 1. The first-order valence-corrected chi connectivity index (χ1v) is 11.4. The van der Waals surface area contributed by atoms with Gasteiger partial charge in [-0.15, -0.1) is 0 Å². The van der Waals surface area contributed by atoms with Crippen molar-refractivity contribution in [2.75, 3.05) is 13.1 Å². The van der Waals surface area contributed by atoms with Gasteiger partial charge in [0.15, 0.2) is 0 Å². The fourth-order valence-corrected chi connectivity index (χ4v) is 4.50. The van der Waals surface area contributed by atoms with Crippen LogP contribution in [0.15, 0.2) is 49.2 Å². The van der Waals surface area contributed by atoms with Crippen molar-refractivity contribution >= 4 is 11.4 Å². The number of hydrogen-bond donors (Lipinski definition) is 0. The number of ether oxygens (including phenoxy) is 1. The van der Waals surface area contributed by atoms with Gasteiger partial charge in [0.25, 0.3) is 0 Å². The van der Waals surface area contributed by atoms with Crippen LogP contribution in [-0.2, 0) is 4.79 Å². The molecule has 1 fully saturated rings. The molecule has 0 aromatic carbocycles. The largest absolute Gasteiger partial charge is 0.482 e. The van der Waals surface area contributed by atoms with E-state index >= 15 is 0 Å². The number of aromatic nitrogens is 5. The van der Waals surface area contributed by atoms with Crippen molar-refractivity contribution in [1.29, 1.82) is 5.26 Å². The monoisotopic (exact) mass is 473 g/mol. The van der Waals surface area contributed by atoms with Crippen molar-refractivity contribution in [3.8, 4) is 22.9 Å². The number of fused-ring (bicyclic) bond motifs is 1. The van der Waals surface area contributed by atoms with E-state index < -0.39 is 11.9 Å². The SMILES string of the molecule is CC(=O)N1CCCC(n2cc(-c3cc(O[C@H](C)c4ncccc4F)c4c(C#N)cnn4c3)cn2)C1. The molecule has 0 bridgehead atoms. The van der Waals surface area contributed by atoms with E-state index in [9.17, 15) is 14.4 Å². The van der Waals surface area contributed by atoms with E-state index in [0.29, 0.717) is 23.4 Å². The smallest absolute Gasteiger partial charge is 0.219 e. The average Bonchev–Trinajstić information content (AvgIpc) is 3.52. The Morgan fingerprint density at radius 1 is 1.29 bits per heavy atom. The van der Waals surface area contributed by atoms with E-state index in [2.05, 4.69) is 21.3 Å². The molecule has 0 radical (unpaired) electrons. The van der Waals surface area contributed by atoms with Gasteiger partial charge in [-0.25, -0.2) is 8.91 Å². The van der Waals surface area contributed by atoms with Crippen LogP contribution in [-0.4, -0.2) is 48.3 Å². The number of piperidine rings is 1. The van der Waals surface area contributed by atoms with Crippen LogP contribution in [0.4, 0.5) is 4.39 Å². The first-order valence-electron chi connectivity index (χ1n) is 11.4. The van der Waals surface area contributed by atoms with Crippen molar-refractivity contribution in [2.45, 2.75) is 38.8 Å². The molecular formula is C25H24FN7O2. The van der Waals surface area contributed by atoms with Gasteiger partial charge in [0.1, 0.15) is 40.5 Å². The zero-order valence-corrected chi connectivity index (χ0v) is 19.4. The number of nitriles is 1. The van der Waals surface area contributed by atoms with Crippen molar-refractivity contribution in [3.05, 3.63) is 66.3 Å². The van der Waals surface area contributed by atoms with E-state index in [-0.39, 0.29) is 17.6 Å². The normalized spacial score (nSPS) is 16.7. The third kappa shape index (κ3) is 4.33. The van der Waals surface area contributed by atoms with E-state index in [1.165, 1.54) is 24.5 Å². The van der Waals surface area contributed by atoms with Gasteiger partial charge in [0.2, 0.25) is 5.91 Å². The van der Waals surface area contributed by atoms with Gasteiger partial charge in [-0.05, 0) is 38.0 Å². The first kappa shape index (κ1) is 22.5. The third-order valence-electron chi connectivity index (χ3n) is 6.32. The zero-order valence-electron chi connectivity index (χ0n) is 19.4. The molecule has 35 heavy (non-hydrogen) atoms. The molecule has 9 nitrogen and oxygen atoms in total. The summed E-state index contributed by atoms with van der Waals surface area (Å²) in [5.74, 6) is -0.00316. The summed E-state index contributed by atoms with van der Waals surface area (Å²) >= 11 is 0. The summed E-state index contributed by atoms with van der Waals surface area (Å²) in [6.45, 7) is 4.69. The fraction of sp³-hybridized carbons (Fsp3) is 0.320. The maximum Gasteiger partial charge on any atom is 0.219 e. The molecule has 1 aliphatic heterocycles. The van der Waals surface area contributed by atoms with Crippen LogP contribution in [0.5, 0.6) is 5.75 Å². The summed E-state index contributed by atoms with van der Waals surface area (Å²) in [6, 6.07) is 6.89. The Balaban J connectivity index is 1.50. The lowest BCUT2D eigenvalue weighted by Gasteiger charge is -2.32. The molecule has 1 saturated heterocycles. The average molecular weight is 474 g/mol. The number of carbonyl (C=O) groups is 1. The number of hydrogen-bond acceptors (Lipinski definition) is 6. The summed E-state index contributed by atoms with van der Waals surface area (Å²) in [7, 11) is 0. The quantitative estimate of drug-likeness (QED) is 0.435. The number of halogens is 1. The fourth-order valence-electron chi connectivity index (χ4n) is 4.50. The van der Waals surface area contributed by atoms with Gasteiger partial charge in [-0.1, -0.05) is 0 Å². The zero-order chi connectivity index (χ0) is 24.5. The van der Waals surface area contributed by atoms with Crippen LogP contribution in [0.2, 0.25) is 0 Å². The van der Waals surface area contributed by atoms with Crippen LogP contribution >= 0.6 is 0 Å². The van der Waals surface area contributed by atoms with Crippen LogP contribution < -0.4 is 4.74 Å². The van der Waals surface area contributed by atoms with Gasteiger partial charge in [-0.2, -0.15) is 15.5 Å². The Labute approximate surface area is 201 Å². The lowest BCUT2D eigenvalue weighted by atomic mass is 10.1.